The average Bonchev–Trinajstić information content (AvgIpc) is 2.40. The molecule has 1 atom stereocenters. The summed E-state index contributed by atoms with van der Waals surface area (Å²) in [4.78, 5) is 0. The van der Waals surface area contributed by atoms with E-state index in [2.05, 4.69) is 12.2 Å². The van der Waals surface area contributed by atoms with Gasteiger partial charge in [-0.05, 0) is 31.7 Å². The molecule has 2 rings (SSSR count). The summed E-state index contributed by atoms with van der Waals surface area (Å²) in [6, 6.07) is 5.84. The molecule has 0 radical (unpaired) electrons. The van der Waals surface area contributed by atoms with Gasteiger partial charge in [-0.2, -0.15) is 0 Å². The highest BCUT2D eigenvalue weighted by Gasteiger charge is 2.33. The zero-order valence-electron chi connectivity index (χ0n) is 8.43. The lowest BCUT2D eigenvalue weighted by molar-refractivity contribution is 0.117. The molecule has 0 saturated heterocycles. The molecule has 1 heterocycles. The molecule has 76 valence electrons. The highest BCUT2D eigenvalue weighted by Crippen LogP contribution is 2.36. The molecule has 1 aliphatic rings. The van der Waals surface area contributed by atoms with Gasteiger partial charge in [0.15, 0.2) is 0 Å². The Morgan fingerprint density at radius 1 is 1.57 bits per heavy atom. The third-order valence-corrected chi connectivity index (χ3v) is 2.74. The minimum Gasteiger partial charge on any atom is -0.486 e. The Bertz CT molecular complexity index is 353. The molecule has 0 bridgehead atoms. The number of ether oxygens (including phenoxy) is 1. The van der Waals surface area contributed by atoms with Gasteiger partial charge in [0.25, 0.3) is 0 Å². The van der Waals surface area contributed by atoms with Gasteiger partial charge in [0, 0.05) is 18.0 Å². The summed E-state index contributed by atoms with van der Waals surface area (Å²) in [5, 5.41) is 3.88. The Balaban J connectivity index is 2.25. The molecule has 0 spiro atoms. The van der Waals surface area contributed by atoms with E-state index in [0.29, 0.717) is 0 Å². The Morgan fingerprint density at radius 2 is 2.36 bits per heavy atom. The van der Waals surface area contributed by atoms with Gasteiger partial charge in [0.1, 0.15) is 11.4 Å². The highest BCUT2D eigenvalue weighted by molar-refractivity contribution is 6.30. The summed E-state index contributed by atoms with van der Waals surface area (Å²) in [6.07, 6.45) is 0.945. The van der Waals surface area contributed by atoms with E-state index in [1.165, 1.54) is 5.56 Å². The number of hydrogen-bond acceptors (Lipinski definition) is 2. The molecule has 1 unspecified atom stereocenters. The summed E-state index contributed by atoms with van der Waals surface area (Å²) in [5.41, 5.74) is 1.12. The van der Waals surface area contributed by atoms with Crippen molar-refractivity contribution in [1.82, 2.24) is 5.32 Å². The summed E-state index contributed by atoms with van der Waals surface area (Å²) in [5.74, 6) is 0.926. The Hall–Kier alpha value is -0.730. The fraction of sp³-hybridized carbons (Fsp3) is 0.455. The third-order valence-electron chi connectivity index (χ3n) is 2.50. The zero-order valence-corrected chi connectivity index (χ0v) is 9.19. The van der Waals surface area contributed by atoms with E-state index in [1.54, 1.807) is 0 Å². The van der Waals surface area contributed by atoms with E-state index in [4.69, 9.17) is 16.3 Å². The number of nitrogens with one attached hydrogen (secondary N) is 1. The maximum absolute atomic E-state index is 5.90. The molecule has 0 aliphatic carbocycles. The number of rotatable bonds is 2. The van der Waals surface area contributed by atoms with Gasteiger partial charge >= 0.3 is 0 Å². The monoisotopic (exact) mass is 211 g/mol. The number of halogens is 1. The van der Waals surface area contributed by atoms with Crippen LogP contribution in [0.2, 0.25) is 5.02 Å². The van der Waals surface area contributed by atoms with Gasteiger partial charge in [-0.25, -0.2) is 0 Å². The van der Waals surface area contributed by atoms with Crippen LogP contribution in [0.1, 0.15) is 12.5 Å². The highest BCUT2D eigenvalue weighted by atomic mass is 35.5. The third kappa shape index (κ3) is 1.72. The normalized spacial score (nSPS) is 24.5. The first kappa shape index (κ1) is 9.81. The molecule has 1 aromatic carbocycles. The van der Waals surface area contributed by atoms with Crippen LogP contribution in [-0.4, -0.2) is 19.2 Å². The van der Waals surface area contributed by atoms with Crippen LogP contribution in [0, 0.1) is 0 Å². The van der Waals surface area contributed by atoms with Crippen molar-refractivity contribution in [2.24, 2.45) is 0 Å². The number of fused-ring (bicyclic) bond motifs is 1. The molecule has 3 heteroatoms. The van der Waals surface area contributed by atoms with Crippen LogP contribution in [-0.2, 0) is 6.42 Å². The second-order valence-electron chi connectivity index (χ2n) is 4.01. The van der Waals surface area contributed by atoms with Crippen molar-refractivity contribution in [1.29, 1.82) is 0 Å². The van der Waals surface area contributed by atoms with E-state index in [9.17, 15) is 0 Å². The van der Waals surface area contributed by atoms with Crippen LogP contribution in [0.3, 0.4) is 0 Å². The summed E-state index contributed by atoms with van der Waals surface area (Å²) >= 11 is 5.90. The molecule has 0 fully saturated rings. The second kappa shape index (κ2) is 3.44. The van der Waals surface area contributed by atoms with Gasteiger partial charge in [-0.3, -0.25) is 0 Å². The molecular formula is C11H14ClNO. The van der Waals surface area contributed by atoms with Crippen molar-refractivity contribution in [2.75, 3.05) is 13.6 Å². The topological polar surface area (TPSA) is 21.3 Å². The van der Waals surface area contributed by atoms with E-state index >= 15 is 0 Å². The SMILES string of the molecule is CNCC1(C)Cc2ccc(Cl)cc2O1. The van der Waals surface area contributed by atoms with Gasteiger partial charge in [-0.1, -0.05) is 17.7 Å². The molecule has 14 heavy (non-hydrogen) atoms. The van der Waals surface area contributed by atoms with Gasteiger partial charge in [0.05, 0.1) is 0 Å². The fourth-order valence-corrected chi connectivity index (χ4v) is 2.11. The van der Waals surface area contributed by atoms with Crippen molar-refractivity contribution < 1.29 is 4.74 Å². The van der Waals surface area contributed by atoms with Gasteiger partial charge in [-0.15, -0.1) is 0 Å². The lowest BCUT2D eigenvalue weighted by Crippen LogP contribution is -2.40. The molecule has 1 N–H and O–H groups in total. The second-order valence-corrected chi connectivity index (χ2v) is 4.45. The van der Waals surface area contributed by atoms with Gasteiger partial charge < -0.3 is 10.1 Å². The summed E-state index contributed by atoms with van der Waals surface area (Å²) in [6.45, 7) is 2.96. The first-order valence-corrected chi connectivity index (χ1v) is 5.13. The predicted molar refractivity (Wildman–Crippen MR) is 58.1 cm³/mol. The zero-order chi connectivity index (χ0) is 10.2. The van der Waals surface area contributed by atoms with Crippen LogP contribution >= 0.6 is 11.6 Å². The van der Waals surface area contributed by atoms with E-state index in [-0.39, 0.29) is 5.60 Å². The lowest BCUT2D eigenvalue weighted by Gasteiger charge is -2.23. The van der Waals surface area contributed by atoms with Crippen LogP contribution in [0.15, 0.2) is 18.2 Å². The molecule has 0 amide bonds. The predicted octanol–water partition coefficient (Wildman–Crippen LogP) is 2.25. The molecule has 0 aromatic heterocycles. The van der Waals surface area contributed by atoms with Crippen molar-refractivity contribution >= 4 is 11.6 Å². The molecule has 0 saturated carbocycles. The number of likely N-dealkylation sites (N-methyl/N-ethyl adjacent to an activating group) is 1. The van der Waals surface area contributed by atoms with Crippen LogP contribution < -0.4 is 10.1 Å². The molecule has 2 nitrogen and oxygen atoms in total. The Labute approximate surface area is 89.2 Å². The van der Waals surface area contributed by atoms with E-state index < -0.39 is 0 Å². The maximum Gasteiger partial charge on any atom is 0.125 e. The molecular weight excluding hydrogens is 198 g/mol. The minimum absolute atomic E-state index is 0.123. The van der Waals surface area contributed by atoms with E-state index in [1.807, 2.05) is 25.2 Å². The van der Waals surface area contributed by atoms with Crippen molar-refractivity contribution in [3.63, 3.8) is 0 Å². The fourth-order valence-electron chi connectivity index (χ4n) is 1.95. The first-order valence-electron chi connectivity index (χ1n) is 4.75. The summed E-state index contributed by atoms with van der Waals surface area (Å²) in [7, 11) is 1.94. The number of hydrogen-bond donors (Lipinski definition) is 1. The Morgan fingerprint density at radius 3 is 3.07 bits per heavy atom. The smallest absolute Gasteiger partial charge is 0.125 e. The van der Waals surface area contributed by atoms with E-state index in [0.717, 1.165) is 23.7 Å². The minimum atomic E-state index is -0.123. The van der Waals surface area contributed by atoms with Crippen LogP contribution in [0.4, 0.5) is 0 Å². The molecule has 1 aromatic rings. The lowest BCUT2D eigenvalue weighted by atomic mass is 9.99. The Kier molecular flexibility index (Phi) is 2.41. The van der Waals surface area contributed by atoms with Gasteiger partial charge in [0.2, 0.25) is 0 Å². The molecule has 1 aliphatic heterocycles. The van der Waals surface area contributed by atoms with Crippen molar-refractivity contribution in [2.45, 2.75) is 18.9 Å². The largest absolute Gasteiger partial charge is 0.486 e. The number of benzene rings is 1. The average molecular weight is 212 g/mol. The first-order chi connectivity index (χ1) is 6.63. The maximum atomic E-state index is 5.90. The van der Waals surface area contributed by atoms with Crippen LogP contribution in [0.25, 0.3) is 0 Å². The van der Waals surface area contributed by atoms with Crippen molar-refractivity contribution in [3.8, 4) is 5.75 Å². The summed E-state index contributed by atoms with van der Waals surface area (Å²) < 4.78 is 5.87. The standard InChI is InChI=1S/C11H14ClNO/c1-11(7-13-2)6-8-3-4-9(12)5-10(8)14-11/h3-5,13H,6-7H2,1-2H3. The van der Waals surface area contributed by atoms with Crippen LogP contribution in [0.5, 0.6) is 5.75 Å². The van der Waals surface area contributed by atoms with Crippen molar-refractivity contribution in [3.05, 3.63) is 28.8 Å². The quantitative estimate of drug-likeness (QED) is 0.811.